The lowest BCUT2D eigenvalue weighted by Gasteiger charge is -2.33. The van der Waals surface area contributed by atoms with Crippen LogP contribution >= 0.6 is 11.6 Å². The molecule has 3 rings (SSSR count). The zero-order valence-electron chi connectivity index (χ0n) is 14.5. The number of nitrogens with one attached hydrogen (secondary N) is 1. The molecule has 3 N–H and O–H groups in total. The minimum atomic E-state index is -0.547. The summed E-state index contributed by atoms with van der Waals surface area (Å²) in [5.74, 6) is 0.409. The summed E-state index contributed by atoms with van der Waals surface area (Å²) < 4.78 is 1.60. The molecule has 0 bridgehead atoms. The van der Waals surface area contributed by atoms with E-state index in [0.717, 1.165) is 25.9 Å². The lowest BCUT2D eigenvalue weighted by molar-refractivity contribution is 0.0943. The van der Waals surface area contributed by atoms with Crippen LogP contribution in [0.25, 0.3) is 0 Å². The third-order valence-electron chi connectivity index (χ3n) is 4.54. The number of anilines is 1. The number of piperidine rings is 1. The Kier molecular flexibility index (Phi) is 5.41. The molecule has 26 heavy (non-hydrogen) atoms. The maximum absolute atomic E-state index is 12.1. The number of aryl methyl sites for hydroxylation is 1. The zero-order valence-corrected chi connectivity index (χ0v) is 15.2. The van der Waals surface area contributed by atoms with Gasteiger partial charge in [-0.15, -0.1) is 0 Å². The highest BCUT2D eigenvalue weighted by Crippen LogP contribution is 2.28. The smallest absolute Gasteiger partial charge is 0.254 e. The molecule has 1 aliphatic rings. The first-order valence-electron chi connectivity index (χ1n) is 8.41. The summed E-state index contributed by atoms with van der Waals surface area (Å²) in [4.78, 5) is 29.6. The van der Waals surface area contributed by atoms with Crippen LogP contribution in [-0.4, -0.2) is 46.2 Å². The molecule has 0 aromatic carbocycles. The monoisotopic (exact) mass is 376 g/mol. The van der Waals surface area contributed by atoms with E-state index in [2.05, 4.69) is 20.3 Å². The molecule has 1 fully saturated rings. The van der Waals surface area contributed by atoms with Gasteiger partial charge >= 0.3 is 0 Å². The summed E-state index contributed by atoms with van der Waals surface area (Å²) in [5.41, 5.74) is 6.10. The van der Waals surface area contributed by atoms with Gasteiger partial charge in [0.1, 0.15) is 5.82 Å². The molecule has 138 valence electrons. The zero-order chi connectivity index (χ0) is 18.7. The second kappa shape index (κ2) is 7.74. The first kappa shape index (κ1) is 18.2. The number of pyridine rings is 1. The van der Waals surface area contributed by atoms with E-state index in [-0.39, 0.29) is 5.91 Å². The number of nitrogens with zero attached hydrogens (tertiary/aromatic N) is 4. The van der Waals surface area contributed by atoms with E-state index in [1.165, 1.54) is 6.20 Å². The minimum Gasteiger partial charge on any atom is -0.366 e. The third-order valence-corrected chi connectivity index (χ3v) is 4.82. The van der Waals surface area contributed by atoms with Crippen LogP contribution in [0.2, 0.25) is 5.02 Å². The number of hydrogen-bond donors (Lipinski definition) is 2. The predicted octanol–water partition coefficient (Wildman–Crippen LogP) is 1.21. The van der Waals surface area contributed by atoms with Gasteiger partial charge in [-0.25, -0.2) is 4.98 Å². The summed E-state index contributed by atoms with van der Waals surface area (Å²) in [5, 5.41) is 7.39. The van der Waals surface area contributed by atoms with Crippen LogP contribution in [0.5, 0.6) is 0 Å². The van der Waals surface area contributed by atoms with Crippen molar-refractivity contribution in [2.75, 3.05) is 24.5 Å². The molecule has 2 aromatic heterocycles. The average molecular weight is 377 g/mol. The van der Waals surface area contributed by atoms with Crippen LogP contribution in [0.1, 0.15) is 33.6 Å². The van der Waals surface area contributed by atoms with Crippen molar-refractivity contribution in [3.63, 3.8) is 0 Å². The fourth-order valence-electron chi connectivity index (χ4n) is 3.02. The topological polar surface area (TPSA) is 106 Å². The Balaban J connectivity index is 1.51. The minimum absolute atomic E-state index is 0.104. The SMILES string of the molecule is Cn1cc(C(=O)NCC2CCN(c3ncc(C(N)=O)cc3Cl)CC2)cn1. The maximum Gasteiger partial charge on any atom is 0.254 e. The van der Waals surface area contributed by atoms with Gasteiger partial charge in [0.15, 0.2) is 0 Å². The largest absolute Gasteiger partial charge is 0.366 e. The van der Waals surface area contributed by atoms with Gasteiger partial charge in [0.05, 0.1) is 22.3 Å². The Morgan fingerprint density at radius 1 is 1.31 bits per heavy atom. The Labute approximate surface area is 156 Å². The fourth-order valence-corrected chi connectivity index (χ4v) is 3.31. The van der Waals surface area contributed by atoms with Crippen molar-refractivity contribution in [3.8, 4) is 0 Å². The summed E-state index contributed by atoms with van der Waals surface area (Å²) in [7, 11) is 1.78. The van der Waals surface area contributed by atoms with Gasteiger partial charge in [-0.1, -0.05) is 11.6 Å². The van der Waals surface area contributed by atoms with Crippen molar-refractivity contribution < 1.29 is 9.59 Å². The van der Waals surface area contributed by atoms with Gasteiger partial charge in [0, 0.05) is 39.1 Å². The van der Waals surface area contributed by atoms with Crippen LogP contribution in [-0.2, 0) is 7.05 Å². The van der Waals surface area contributed by atoms with E-state index < -0.39 is 5.91 Å². The molecule has 0 atom stereocenters. The molecule has 0 radical (unpaired) electrons. The lowest BCUT2D eigenvalue weighted by Crippen LogP contribution is -2.39. The van der Waals surface area contributed by atoms with E-state index in [1.54, 1.807) is 30.2 Å². The molecule has 0 spiro atoms. The number of aromatic nitrogens is 3. The van der Waals surface area contributed by atoms with Gasteiger partial charge in [-0.05, 0) is 24.8 Å². The number of halogens is 1. The van der Waals surface area contributed by atoms with E-state index >= 15 is 0 Å². The first-order valence-corrected chi connectivity index (χ1v) is 8.79. The molecule has 0 saturated carbocycles. The average Bonchev–Trinajstić information content (AvgIpc) is 3.06. The Bertz CT molecular complexity index is 813. The molecule has 9 heteroatoms. The summed E-state index contributed by atoms with van der Waals surface area (Å²) in [6, 6.07) is 1.55. The van der Waals surface area contributed by atoms with Gasteiger partial charge in [0.2, 0.25) is 5.91 Å². The number of rotatable bonds is 5. The number of primary amides is 1. The standard InChI is InChI=1S/C17H21ClN6O2/c1-23-10-13(9-22-23)17(26)21-7-11-2-4-24(5-3-11)16-14(18)6-12(8-20-16)15(19)25/h6,8-11H,2-5,7H2,1H3,(H2,19,25)(H,21,26). The maximum atomic E-state index is 12.1. The van der Waals surface area contributed by atoms with Crippen LogP contribution in [0.15, 0.2) is 24.7 Å². The lowest BCUT2D eigenvalue weighted by atomic mass is 9.96. The van der Waals surface area contributed by atoms with Crippen molar-refractivity contribution in [2.45, 2.75) is 12.8 Å². The summed E-state index contributed by atoms with van der Waals surface area (Å²) in [6.07, 6.45) is 6.54. The predicted molar refractivity (Wildman–Crippen MR) is 98.2 cm³/mol. The highest BCUT2D eigenvalue weighted by atomic mass is 35.5. The number of hydrogen-bond acceptors (Lipinski definition) is 5. The second-order valence-corrected chi connectivity index (χ2v) is 6.84. The Hall–Kier alpha value is -2.61. The van der Waals surface area contributed by atoms with Crippen molar-refractivity contribution in [3.05, 3.63) is 40.8 Å². The number of carbonyl (C=O) groups excluding carboxylic acids is 2. The molecule has 0 aliphatic carbocycles. The molecule has 2 amide bonds. The van der Waals surface area contributed by atoms with Gasteiger partial charge in [-0.3, -0.25) is 14.3 Å². The molecule has 8 nitrogen and oxygen atoms in total. The van der Waals surface area contributed by atoms with Crippen molar-refractivity contribution >= 4 is 29.2 Å². The molecular weight excluding hydrogens is 356 g/mol. The van der Waals surface area contributed by atoms with E-state index in [9.17, 15) is 9.59 Å². The van der Waals surface area contributed by atoms with Gasteiger partial charge < -0.3 is 16.0 Å². The van der Waals surface area contributed by atoms with Crippen molar-refractivity contribution in [1.29, 1.82) is 0 Å². The molecule has 2 aromatic rings. The van der Waals surface area contributed by atoms with Crippen LogP contribution in [0.4, 0.5) is 5.82 Å². The second-order valence-electron chi connectivity index (χ2n) is 6.44. The van der Waals surface area contributed by atoms with E-state index in [4.69, 9.17) is 17.3 Å². The Morgan fingerprint density at radius 3 is 2.62 bits per heavy atom. The number of carbonyl (C=O) groups is 2. The first-order chi connectivity index (χ1) is 12.4. The molecular formula is C17H21ClN6O2. The van der Waals surface area contributed by atoms with Gasteiger partial charge in [-0.2, -0.15) is 5.10 Å². The molecule has 3 heterocycles. The van der Waals surface area contributed by atoms with Crippen LogP contribution in [0, 0.1) is 5.92 Å². The summed E-state index contributed by atoms with van der Waals surface area (Å²) in [6.45, 7) is 2.20. The van der Waals surface area contributed by atoms with Crippen molar-refractivity contribution in [1.82, 2.24) is 20.1 Å². The van der Waals surface area contributed by atoms with Gasteiger partial charge in [0.25, 0.3) is 5.91 Å². The highest BCUT2D eigenvalue weighted by molar-refractivity contribution is 6.33. The highest BCUT2D eigenvalue weighted by Gasteiger charge is 2.23. The molecule has 1 aliphatic heterocycles. The number of nitrogens with two attached hydrogens (primary N) is 1. The van der Waals surface area contributed by atoms with E-state index in [1.807, 2.05) is 0 Å². The van der Waals surface area contributed by atoms with Crippen LogP contribution in [0.3, 0.4) is 0 Å². The normalized spacial score (nSPS) is 15.1. The summed E-state index contributed by atoms with van der Waals surface area (Å²) >= 11 is 6.24. The van der Waals surface area contributed by atoms with Crippen LogP contribution < -0.4 is 16.0 Å². The number of amides is 2. The third kappa shape index (κ3) is 4.13. The molecule has 1 saturated heterocycles. The fraction of sp³-hybridized carbons (Fsp3) is 0.412. The van der Waals surface area contributed by atoms with Crippen molar-refractivity contribution in [2.24, 2.45) is 18.7 Å². The Morgan fingerprint density at radius 2 is 2.04 bits per heavy atom. The quantitative estimate of drug-likeness (QED) is 0.815. The van der Waals surface area contributed by atoms with E-state index in [0.29, 0.717) is 34.4 Å². The molecule has 0 unspecified atom stereocenters.